The average molecular weight is 1060 g/mol. The Labute approximate surface area is 457 Å². The molecule has 0 fully saturated rings. The number of carbonyl (C=O) groups is 1. The van der Waals surface area contributed by atoms with Crippen LogP contribution in [-0.2, 0) is 18.4 Å². The monoisotopic (exact) mass is 1050 g/mol. The second-order valence-corrected chi connectivity index (χ2v) is 25.6. The van der Waals surface area contributed by atoms with E-state index in [1.54, 1.807) is 0 Å². The van der Waals surface area contributed by atoms with Gasteiger partial charge in [0.05, 0.1) is 39.9 Å². The van der Waals surface area contributed by atoms with Crippen molar-refractivity contribution >= 4 is 13.7 Å². The van der Waals surface area contributed by atoms with Crippen LogP contribution in [-0.4, -0.2) is 68.5 Å². The number of hydrogen-bond acceptors (Lipinski definition) is 6. The summed E-state index contributed by atoms with van der Waals surface area (Å²) >= 11 is 0. The summed E-state index contributed by atoms with van der Waals surface area (Å²) in [6, 6.07) is -0.796. The minimum atomic E-state index is -4.57. The van der Waals surface area contributed by atoms with Crippen molar-refractivity contribution in [2.45, 2.75) is 366 Å². The molecule has 73 heavy (non-hydrogen) atoms. The SMILES string of the molecule is CCCCCCCCCCCCCCCCCCCCCCCCCCCCCCC(=O)NC(COP(=O)([O-])OCC[N+](C)(C)C)C(O)CCCCCCCCCCCCCCCCCCCCCCCCC. The number of phosphoric ester groups is 1. The lowest BCUT2D eigenvalue weighted by molar-refractivity contribution is -0.870. The summed E-state index contributed by atoms with van der Waals surface area (Å²) < 4.78 is 23.5. The highest BCUT2D eigenvalue weighted by Gasteiger charge is 2.24. The molecule has 438 valence electrons. The molecule has 3 atom stereocenters. The number of carbonyl (C=O) groups excluding carboxylic acids is 1. The quantitative estimate of drug-likeness (QED) is 0.0357. The zero-order chi connectivity index (χ0) is 53.5. The number of aliphatic hydroxyl groups excluding tert-OH is 1. The molecule has 0 aliphatic heterocycles. The van der Waals surface area contributed by atoms with Gasteiger partial charge in [0.15, 0.2) is 0 Å². The number of aliphatic hydroxyl groups is 1. The van der Waals surface area contributed by atoms with Crippen LogP contribution in [0.15, 0.2) is 0 Å². The summed E-state index contributed by atoms with van der Waals surface area (Å²) in [6.07, 6.45) is 68.8. The van der Waals surface area contributed by atoms with Gasteiger partial charge in [0.2, 0.25) is 5.91 Å². The molecule has 0 aromatic carbocycles. The molecule has 2 N–H and O–H groups in total. The number of quaternary nitrogens is 1. The fraction of sp³-hybridized carbons (Fsp3) is 0.984. The van der Waals surface area contributed by atoms with Crippen LogP contribution in [0.3, 0.4) is 0 Å². The molecule has 8 nitrogen and oxygen atoms in total. The Balaban J connectivity index is 4.02. The van der Waals surface area contributed by atoms with Crippen molar-refractivity contribution in [1.29, 1.82) is 0 Å². The molecule has 1 amide bonds. The molecule has 0 rings (SSSR count). The van der Waals surface area contributed by atoms with Crippen molar-refractivity contribution in [3.8, 4) is 0 Å². The fourth-order valence-corrected chi connectivity index (χ4v) is 11.2. The van der Waals surface area contributed by atoms with Gasteiger partial charge in [-0.2, -0.15) is 0 Å². The molecule has 3 unspecified atom stereocenters. The third-order valence-electron chi connectivity index (χ3n) is 15.6. The van der Waals surface area contributed by atoms with Gasteiger partial charge in [0.25, 0.3) is 7.82 Å². The first-order valence-electron chi connectivity index (χ1n) is 32.9. The summed E-state index contributed by atoms with van der Waals surface area (Å²) in [5.74, 6) is -0.154. The lowest BCUT2D eigenvalue weighted by Crippen LogP contribution is -2.46. The number of likely N-dealkylation sites (N-methyl/N-ethyl adjacent to an activating group) is 1. The lowest BCUT2D eigenvalue weighted by atomic mass is 10.0. The van der Waals surface area contributed by atoms with Gasteiger partial charge in [-0.1, -0.05) is 335 Å². The number of phosphoric acid groups is 1. The summed E-state index contributed by atoms with van der Waals surface area (Å²) in [5.41, 5.74) is 0. The Hall–Kier alpha value is -0.500. The number of nitrogens with one attached hydrogen (secondary N) is 1. The van der Waals surface area contributed by atoms with Crippen LogP contribution < -0.4 is 10.2 Å². The summed E-state index contributed by atoms with van der Waals surface area (Å²) in [4.78, 5) is 25.6. The van der Waals surface area contributed by atoms with E-state index < -0.39 is 20.0 Å². The smallest absolute Gasteiger partial charge is 0.268 e. The molecule has 0 heterocycles. The maximum Gasteiger partial charge on any atom is 0.268 e. The van der Waals surface area contributed by atoms with Crippen molar-refractivity contribution in [1.82, 2.24) is 5.32 Å². The largest absolute Gasteiger partial charge is 0.756 e. The van der Waals surface area contributed by atoms with Crippen LogP contribution in [0.5, 0.6) is 0 Å². The normalized spacial score (nSPS) is 13.7. The summed E-state index contributed by atoms with van der Waals surface area (Å²) in [6.45, 7) is 4.80. The summed E-state index contributed by atoms with van der Waals surface area (Å²) in [7, 11) is 1.33. The van der Waals surface area contributed by atoms with E-state index in [1.807, 2.05) is 21.1 Å². The third-order valence-corrected chi connectivity index (χ3v) is 16.6. The zero-order valence-electron chi connectivity index (χ0n) is 50.1. The zero-order valence-corrected chi connectivity index (χ0v) is 51.0. The Kier molecular flexibility index (Phi) is 55.8. The van der Waals surface area contributed by atoms with Crippen molar-refractivity contribution in [3.05, 3.63) is 0 Å². The average Bonchev–Trinajstić information content (AvgIpc) is 3.35. The van der Waals surface area contributed by atoms with Crippen molar-refractivity contribution in [2.75, 3.05) is 40.9 Å². The first-order chi connectivity index (χ1) is 35.5. The van der Waals surface area contributed by atoms with Crippen LogP contribution in [0.25, 0.3) is 0 Å². The Morgan fingerprint density at radius 2 is 0.671 bits per heavy atom. The van der Waals surface area contributed by atoms with Gasteiger partial charge in [-0.05, 0) is 12.8 Å². The van der Waals surface area contributed by atoms with E-state index in [-0.39, 0.29) is 19.1 Å². The van der Waals surface area contributed by atoms with Gasteiger partial charge in [-0.3, -0.25) is 9.36 Å². The summed E-state index contributed by atoms with van der Waals surface area (Å²) in [5, 5.41) is 14.1. The standard InChI is InChI=1S/C64H131N2O6P/c1-6-8-10-12-14-16-18-20-22-24-26-28-30-31-32-33-34-36-38-40-42-44-46-48-50-52-54-56-58-64(68)65-62(61-72-73(69,70)71-60-59-66(3,4)5)63(67)57-55-53-51-49-47-45-43-41-39-37-35-29-27-25-23-21-19-17-15-13-11-9-7-2/h62-63,67H,6-61H2,1-5H3,(H-,65,68,69,70). The van der Waals surface area contributed by atoms with E-state index in [1.165, 1.54) is 289 Å². The van der Waals surface area contributed by atoms with Gasteiger partial charge in [0, 0.05) is 6.42 Å². The molecule has 9 heteroatoms. The van der Waals surface area contributed by atoms with Crippen LogP contribution in [0, 0.1) is 0 Å². The third kappa shape index (κ3) is 59.0. The lowest BCUT2D eigenvalue weighted by Gasteiger charge is -2.30. The molecule has 0 aliphatic carbocycles. The van der Waals surface area contributed by atoms with E-state index in [2.05, 4.69) is 19.2 Å². The molecule has 0 saturated carbocycles. The molecular formula is C64H131N2O6P. The predicted molar refractivity (Wildman–Crippen MR) is 316 cm³/mol. The number of rotatable bonds is 62. The van der Waals surface area contributed by atoms with Crippen LogP contribution >= 0.6 is 7.82 Å². The number of unbranched alkanes of at least 4 members (excludes halogenated alkanes) is 49. The van der Waals surface area contributed by atoms with E-state index in [0.29, 0.717) is 23.9 Å². The minimum absolute atomic E-state index is 0.0169. The molecular weight excluding hydrogens is 924 g/mol. The highest BCUT2D eigenvalue weighted by Crippen LogP contribution is 2.38. The van der Waals surface area contributed by atoms with Gasteiger partial charge in [-0.25, -0.2) is 0 Å². The predicted octanol–water partition coefficient (Wildman–Crippen LogP) is 19.8. The van der Waals surface area contributed by atoms with Crippen LogP contribution in [0.4, 0.5) is 0 Å². The highest BCUT2D eigenvalue weighted by atomic mass is 31.2. The number of hydrogen-bond donors (Lipinski definition) is 2. The maximum absolute atomic E-state index is 13.0. The molecule has 0 aromatic rings. The van der Waals surface area contributed by atoms with Gasteiger partial charge < -0.3 is 28.8 Å². The van der Waals surface area contributed by atoms with Crippen LogP contribution in [0.2, 0.25) is 0 Å². The fourth-order valence-electron chi connectivity index (χ4n) is 10.5. The van der Waals surface area contributed by atoms with Gasteiger partial charge in [-0.15, -0.1) is 0 Å². The number of nitrogens with zero attached hydrogens (tertiary/aromatic N) is 1. The first kappa shape index (κ1) is 72.5. The van der Waals surface area contributed by atoms with E-state index in [0.717, 1.165) is 38.5 Å². The van der Waals surface area contributed by atoms with Crippen molar-refractivity contribution < 1.29 is 32.9 Å². The van der Waals surface area contributed by atoms with E-state index in [4.69, 9.17) is 9.05 Å². The molecule has 0 aromatic heterocycles. The second kappa shape index (κ2) is 56.2. The highest BCUT2D eigenvalue weighted by molar-refractivity contribution is 7.45. The van der Waals surface area contributed by atoms with E-state index >= 15 is 0 Å². The second-order valence-electron chi connectivity index (χ2n) is 24.2. The molecule has 0 spiro atoms. The Morgan fingerprint density at radius 3 is 0.932 bits per heavy atom. The Morgan fingerprint density at radius 1 is 0.425 bits per heavy atom. The van der Waals surface area contributed by atoms with Crippen molar-refractivity contribution in [2.24, 2.45) is 0 Å². The first-order valence-corrected chi connectivity index (χ1v) is 34.3. The molecule has 0 saturated heterocycles. The molecule has 0 radical (unpaired) electrons. The topological polar surface area (TPSA) is 108 Å². The van der Waals surface area contributed by atoms with Gasteiger partial charge in [0.1, 0.15) is 13.2 Å². The van der Waals surface area contributed by atoms with Gasteiger partial charge >= 0.3 is 0 Å². The molecule has 0 bridgehead atoms. The number of amides is 1. The Bertz CT molecular complexity index is 1150. The van der Waals surface area contributed by atoms with E-state index in [9.17, 15) is 19.4 Å². The maximum atomic E-state index is 13.0. The van der Waals surface area contributed by atoms with Crippen LogP contribution in [0.1, 0.15) is 354 Å². The molecule has 0 aliphatic rings. The van der Waals surface area contributed by atoms with Crippen molar-refractivity contribution in [3.63, 3.8) is 0 Å². The minimum Gasteiger partial charge on any atom is -0.756 e.